The van der Waals surface area contributed by atoms with Crippen molar-refractivity contribution >= 4 is 28.3 Å². The van der Waals surface area contributed by atoms with Crippen LogP contribution in [0.3, 0.4) is 0 Å². The van der Waals surface area contributed by atoms with Crippen LogP contribution < -0.4 is 27.5 Å². The molecule has 0 fully saturated rings. The third kappa shape index (κ3) is 5.69. The van der Waals surface area contributed by atoms with Crippen LogP contribution in [0.4, 0.5) is 10.2 Å². The number of pyridine rings is 1. The van der Waals surface area contributed by atoms with Crippen molar-refractivity contribution in [2.45, 2.75) is 20.4 Å². The smallest absolute Gasteiger partial charge is 0.294 e. The number of benzene rings is 2. The second-order valence-electron chi connectivity index (χ2n) is 9.78. The van der Waals surface area contributed by atoms with Crippen molar-refractivity contribution in [2.24, 2.45) is 5.84 Å². The molecule has 5 aromatic rings. The van der Waals surface area contributed by atoms with E-state index in [2.05, 4.69) is 26.0 Å². The molecule has 11 heteroatoms. The quantitative estimate of drug-likeness (QED) is 0.158. The summed E-state index contributed by atoms with van der Waals surface area (Å²) in [5, 5.41) is 6.17. The molecule has 0 aliphatic rings. The highest BCUT2D eigenvalue weighted by molar-refractivity contribution is 5.91. The van der Waals surface area contributed by atoms with Crippen molar-refractivity contribution in [2.75, 3.05) is 18.9 Å². The topological polar surface area (TPSA) is 132 Å². The predicted octanol–water partition coefficient (Wildman–Crippen LogP) is 3.73. The number of rotatable bonds is 9. The molecule has 0 bridgehead atoms. The van der Waals surface area contributed by atoms with Gasteiger partial charge in [0, 0.05) is 17.8 Å². The minimum atomic E-state index is -0.457. The Labute approximate surface area is 241 Å². The third-order valence-electron chi connectivity index (χ3n) is 6.95. The Hall–Kier alpha value is -5.13. The van der Waals surface area contributed by atoms with E-state index in [0.717, 1.165) is 44.5 Å². The zero-order valence-electron chi connectivity index (χ0n) is 23.5. The first kappa shape index (κ1) is 28.4. The van der Waals surface area contributed by atoms with Crippen LogP contribution in [0.25, 0.3) is 33.5 Å². The van der Waals surface area contributed by atoms with Gasteiger partial charge in [-0.25, -0.2) is 9.37 Å². The van der Waals surface area contributed by atoms with Gasteiger partial charge in [0.05, 0.1) is 48.1 Å². The molecule has 10 nitrogen and oxygen atoms in total. The van der Waals surface area contributed by atoms with E-state index in [4.69, 9.17) is 5.84 Å². The molecule has 0 aliphatic heterocycles. The molecule has 0 spiro atoms. The lowest BCUT2D eigenvalue weighted by Crippen LogP contribution is -2.32. The molecule has 3 heterocycles. The average Bonchev–Trinajstić information content (AvgIpc) is 3.32. The van der Waals surface area contributed by atoms with Gasteiger partial charge in [-0.05, 0) is 67.4 Å². The van der Waals surface area contributed by atoms with Crippen LogP contribution in [0.1, 0.15) is 23.6 Å². The number of nitrogens with zero attached hydrogens (tertiary/aromatic N) is 4. The highest BCUT2D eigenvalue weighted by Crippen LogP contribution is 2.26. The van der Waals surface area contributed by atoms with E-state index in [1.165, 1.54) is 12.1 Å². The number of carbonyl (C=O) groups is 1. The molecular weight excluding hydrogens is 535 g/mol. The van der Waals surface area contributed by atoms with E-state index in [9.17, 15) is 14.0 Å². The molecule has 2 aromatic carbocycles. The van der Waals surface area contributed by atoms with Crippen molar-refractivity contribution in [1.82, 2.24) is 29.8 Å². The van der Waals surface area contributed by atoms with E-state index in [-0.39, 0.29) is 30.6 Å². The molecule has 3 aromatic heterocycles. The molecule has 0 saturated heterocycles. The highest BCUT2D eigenvalue weighted by atomic mass is 19.1. The standard InChI is InChI=1S/C31H31FN8O2/c1-4-26(38-33)21-5-7-22(8-6-21)28-15-36-30(37-29(41)16-34-3)31(42)40(28)18-20-11-24(14-35-13-20)39-17-19(2)25-12-23(32)9-10-27(25)39/h4-15,17,34,38H,16,18,33H2,1-3H3,(H,36,37,41)/b26-4-. The molecular formula is C31H31FN8O2. The SMILES string of the molecule is C/C=C(\NN)c1ccc(-c2cnc(NC(=O)CNC)c(=O)n2Cc2cncc(-n3cc(C)c4cc(F)ccc43)c2)cc1. The van der Waals surface area contributed by atoms with Gasteiger partial charge >= 0.3 is 0 Å². The third-order valence-corrected chi connectivity index (χ3v) is 6.95. The Kier molecular flexibility index (Phi) is 8.23. The van der Waals surface area contributed by atoms with Crippen LogP contribution in [0.15, 0.2) is 84.2 Å². The van der Waals surface area contributed by atoms with E-state index in [0.29, 0.717) is 5.69 Å². The van der Waals surface area contributed by atoms with Crippen molar-refractivity contribution < 1.29 is 9.18 Å². The predicted molar refractivity (Wildman–Crippen MR) is 162 cm³/mol. The van der Waals surface area contributed by atoms with Crippen LogP contribution >= 0.6 is 0 Å². The number of anilines is 1. The number of hydrogen-bond donors (Lipinski definition) is 4. The second kappa shape index (κ2) is 12.2. The highest BCUT2D eigenvalue weighted by Gasteiger charge is 2.16. The lowest BCUT2D eigenvalue weighted by atomic mass is 10.1. The molecule has 42 heavy (non-hydrogen) atoms. The van der Waals surface area contributed by atoms with Crippen molar-refractivity contribution in [1.29, 1.82) is 0 Å². The number of hydrogen-bond acceptors (Lipinski definition) is 7. The Bertz CT molecular complexity index is 1860. The number of fused-ring (bicyclic) bond motifs is 1. The summed E-state index contributed by atoms with van der Waals surface area (Å²) in [4.78, 5) is 34.7. The number of aryl methyl sites for hydroxylation is 1. The molecule has 5 rings (SSSR count). The number of nitrogens with one attached hydrogen (secondary N) is 3. The lowest BCUT2D eigenvalue weighted by Gasteiger charge is -2.16. The van der Waals surface area contributed by atoms with E-state index in [1.54, 1.807) is 36.3 Å². The van der Waals surface area contributed by atoms with Gasteiger partial charge < -0.3 is 20.6 Å². The summed E-state index contributed by atoms with van der Waals surface area (Å²) in [5.41, 5.74) is 8.45. The summed E-state index contributed by atoms with van der Waals surface area (Å²) in [6.07, 6.45) is 8.76. The van der Waals surface area contributed by atoms with E-state index in [1.807, 2.05) is 61.0 Å². The second-order valence-corrected chi connectivity index (χ2v) is 9.78. The largest absolute Gasteiger partial charge is 0.324 e. The van der Waals surface area contributed by atoms with Gasteiger partial charge in [0.1, 0.15) is 5.82 Å². The number of nitrogens with two attached hydrogens (primary N) is 1. The number of carbonyl (C=O) groups excluding carboxylic acids is 1. The van der Waals surface area contributed by atoms with Crippen LogP contribution in [-0.2, 0) is 11.3 Å². The Morgan fingerprint density at radius 1 is 1.10 bits per heavy atom. The molecule has 0 unspecified atom stereocenters. The van der Waals surface area contributed by atoms with Gasteiger partial charge in [-0.3, -0.25) is 25.0 Å². The van der Waals surface area contributed by atoms with Crippen molar-refractivity contribution in [3.8, 4) is 16.9 Å². The number of halogens is 1. The fraction of sp³-hybridized carbons (Fsp3) is 0.161. The first-order valence-electron chi connectivity index (χ1n) is 13.3. The van der Waals surface area contributed by atoms with Crippen LogP contribution in [0.5, 0.6) is 0 Å². The Balaban J connectivity index is 1.58. The van der Waals surface area contributed by atoms with E-state index < -0.39 is 5.56 Å². The maximum Gasteiger partial charge on any atom is 0.294 e. The molecule has 0 aliphatic carbocycles. The zero-order chi connectivity index (χ0) is 29.8. The molecule has 1 amide bonds. The van der Waals surface area contributed by atoms with Gasteiger partial charge in [0.25, 0.3) is 5.56 Å². The first-order chi connectivity index (χ1) is 20.3. The molecule has 5 N–H and O–H groups in total. The summed E-state index contributed by atoms with van der Waals surface area (Å²) in [6, 6.07) is 14.2. The van der Waals surface area contributed by atoms with Gasteiger partial charge in [0.15, 0.2) is 5.82 Å². The number of amides is 1. The summed E-state index contributed by atoms with van der Waals surface area (Å²) >= 11 is 0. The fourth-order valence-corrected chi connectivity index (χ4v) is 4.91. The van der Waals surface area contributed by atoms with Gasteiger partial charge in [-0.1, -0.05) is 30.3 Å². The molecule has 0 saturated carbocycles. The maximum absolute atomic E-state index is 13.9. The summed E-state index contributed by atoms with van der Waals surface area (Å²) in [5.74, 6) is 4.88. The summed E-state index contributed by atoms with van der Waals surface area (Å²) < 4.78 is 17.4. The minimum Gasteiger partial charge on any atom is -0.324 e. The number of likely N-dealkylation sites (N-methyl/N-ethyl adjacent to an activating group) is 1. The molecule has 0 atom stereocenters. The number of aromatic nitrogens is 4. The van der Waals surface area contributed by atoms with Gasteiger partial charge in [0.2, 0.25) is 5.91 Å². The summed E-state index contributed by atoms with van der Waals surface area (Å²) in [7, 11) is 1.64. The molecule has 214 valence electrons. The number of hydrazine groups is 1. The Morgan fingerprint density at radius 3 is 2.60 bits per heavy atom. The fourth-order valence-electron chi connectivity index (χ4n) is 4.91. The van der Waals surface area contributed by atoms with Crippen LogP contribution in [-0.4, -0.2) is 38.6 Å². The van der Waals surface area contributed by atoms with Crippen molar-refractivity contribution in [3.63, 3.8) is 0 Å². The van der Waals surface area contributed by atoms with Gasteiger partial charge in [-0.15, -0.1) is 0 Å². The maximum atomic E-state index is 13.9. The zero-order valence-corrected chi connectivity index (χ0v) is 23.5. The molecule has 0 radical (unpaired) electrons. The monoisotopic (exact) mass is 566 g/mol. The van der Waals surface area contributed by atoms with Crippen molar-refractivity contribution in [3.05, 3.63) is 112 Å². The normalized spacial score (nSPS) is 11.6. The van der Waals surface area contributed by atoms with Crippen LogP contribution in [0.2, 0.25) is 0 Å². The first-order valence-corrected chi connectivity index (χ1v) is 13.3. The summed E-state index contributed by atoms with van der Waals surface area (Å²) in [6.45, 7) is 4.00. The average molecular weight is 567 g/mol. The Morgan fingerprint density at radius 2 is 1.88 bits per heavy atom. The van der Waals surface area contributed by atoms with Gasteiger partial charge in [-0.2, -0.15) is 0 Å². The minimum absolute atomic E-state index is 0.0346. The van der Waals surface area contributed by atoms with Crippen LogP contribution in [0, 0.1) is 12.7 Å². The number of allylic oxidation sites excluding steroid dienone is 1. The lowest BCUT2D eigenvalue weighted by molar-refractivity contribution is -0.115. The van der Waals surface area contributed by atoms with E-state index >= 15 is 0 Å².